The highest BCUT2D eigenvalue weighted by atomic mass is 16.3. The zero-order chi connectivity index (χ0) is 10.9. The van der Waals surface area contributed by atoms with Crippen LogP contribution in [-0.4, -0.2) is 23.3 Å². The Balaban J connectivity index is 1.92. The molecule has 0 aromatic carbocycles. The van der Waals surface area contributed by atoms with Gasteiger partial charge in [-0.2, -0.15) is 0 Å². The van der Waals surface area contributed by atoms with Crippen LogP contribution >= 0.6 is 0 Å². The Morgan fingerprint density at radius 1 is 1.07 bits per heavy atom. The fourth-order valence-electron chi connectivity index (χ4n) is 3.20. The van der Waals surface area contributed by atoms with E-state index in [0.29, 0.717) is 17.5 Å². The minimum atomic E-state index is -0.0947. The largest absolute Gasteiger partial charge is 0.392 e. The third-order valence-corrected chi connectivity index (χ3v) is 4.40. The first-order valence-corrected chi connectivity index (χ1v) is 6.54. The van der Waals surface area contributed by atoms with Crippen molar-refractivity contribution in [3.63, 3.8) is 0 Å². The van der Waals surface area contributed by atoms with E-state index in [0.717, 1.165) is 12.8 Å². The van der Waals surface area contributed by atoms with E-state index in [1.54, 1.807) is 0 Å². The van der Waals surface area contributed by atoms with Gasteiger partial charge in [-0.3, -0.25) is 0 Å². The fourth-order valence-corrected chi connectivity index (χ4v) is 3.20. The molecule has 0 spiro atoms. The standard InChI is InChI=1S/C13H25NO/c1-13(2)9-4-3-8-12(13)14-10-6-5-7-11(10)15/h10-12,14-15H,3-9H2,1-2H3/t10-,11-,12?/m1/s1. The molecule has 0 heterocycles. The quantitative estimate of drug-likeness (QED) is 0.735. The Labute approximate surface area is 93.5 Å². The molecular formula is C13H25NO. The average molecular weight is 211 g/mol. The lowest BCUT2D eigenvalue weighted by Gasteiger charge is -2.41. The maximum absolute atomic E-state index is 9.83. The molecule has 88 valence electrons. The van der Waals surface area contributed by atoms with Crippen molar-refractivity contribution in [2.45, 2.75) is 77.0 Å². The molecule has 0 bridgehead atoms. The second-order valence-electron chi connectivity index (χ2n) is 6.06. The molecule has 2 rings (SSSR count). The molecule has 2 aliphatic rings. The van der Waals surface area contributed by atoms with Crippen molar-refractivity contribution in [2.24, 2.45) is 5.41 Å². The molecule has 15 heavy (non-hydrogen) atoms. The maximum Gasteiger partial charge on any atom is 0.0693 e. The summed E-state index contributed by atoms with van der Waals surface area (Å²) >= 11 is 0. The van der Waals surface area contributed by atoms with Gasteiger partial charge in [-0.1, -0.05) is 26.7 Å². The lowest BCUT2D eigenvalue weighted by molar-refractivity contribution is 0.103. The first-order valence-electron chi connectivity index (χ1n) is 6.54. The molecule has 2 aliphatic carbocycles. The Bertz CT molecular complexity index is 215. The van der Waals surface area contributed by atoms with Gasteiger partial charge in [-0.15, -0.1) is 0 Å². The molecular weight excluding hydrogens is 186 g/mol. The molecule has 0 aromatic heterocycles. The van der Waals surface area contributed by atoms with Crippen LogP contribution in [0.4, 0.5) is 0 Å². The van der Waals surface area contributed by atoms with Crippen LogP contribution in [0.25, 0.3) is 0 Å². The molecule has 0 aromatic rings. The molecule has 0 saturated heterocycles. The van der Waals surface area contributed by atoms with Crippen molar-refractivity contribution in [3.05, 3.63) is 0 Å². The van der Waals surface area contributed by atoms with E-state index in [1.165, 1.54) is 32.1 Å². The summed E-state index contributed by atoms with van der Waals surface area (Å²) in [5.74, 6) is 0. The monoisotopic (exact) mass is 211 g/mol. The summed E-state index contributed by atoms with van der Waals surface area (Å²) in [6.07, 6.45) is 8.58. The van der Waals surface area contributed by atoms with Gasteiger partial charge in [0.25, 0.3) is 0 Å². The maximum atomic E-state index is 9.83. The summed E-state index contributed by atoms with van der Waals surface area (Å²) < 4.78 is 0. The first-order chi connectivity index (χ1) is 7.09. The minimum Gasteiger partial charge on any atom is -0.392 e. The highest BCUT2D eigenvalue weighted by Gasteiger charge is 2.35. The van der Waals surface area contributed by atoms with Crippen molar-refractivity contribution in [2.75, 3.05) is 0 Å². The van der Waals surface area contributed by atoms with Crippen LogP contribution in [0.3, 0.4) is 0 Å². The van der Waals surface area contributed by atoms with E-state index in [4.69, 9.17) is 0 Å². The van der Waals surface area contributed by atoms with Gasteiger partial charge in [0, 0.05) is 12.1 Å². The van der Waals surface area contributed by atoms with Gasteiger partial charge in [-0.25, -0.2) is 0 Å². The first kappa shape index (κ1) is 11.4. The molecule has 2 saturated carbocycles. The molecule has 2 nitrogen and oxygen atoms in total. The zero-order valence-corrected chi connectivity index (χ0v) is 10.1. The molecule has 1 unspecified atom stereocenters. The highest BCUT2D eigenvalue weighted by Crippen LogP contribution is 2.36. The van der Waals surface area contributed by atoms with Gasteiger partial charge in [0.05, 0.1) is 6.10 Å². The lowest BCUT2D eigenvalue weighted by Crippen LogP contribution is -2.50. The number of nitrogens with one attached hydrogen (secondary N) is 1. The topological polar surface area (TPSA) is 32.3 Å². The van der Waals surface area contributed by atoms with Crippen LogP contribution in [-0.2, 0) is 0 Å². The highest BCUT2D eigenvalue weighted by molar-refractivity contribution is 4.93. The van der Waals surface area contributed by atoms with Crippen LogP contribution in [0.15, 0.2) is 0 Å². The molecule has 2 heteroatoms. The number of aliphatic hydroxyl groups is 1. The number of hydrogen-bond acceptors (Lipinski definition) is 2. The minimum absolute atomic E-state index is 0.0947. The van der Waals surface area contributed by atoms with Gasteiger partial charge in [-0.05, 0) is 37.5 Å². The van der Waals surface area contributed by atoms with Gasteiger partial charge in [0.15, 0.2) is 0 Å². The van der Waals surface area contributed by atoms with E-state index in [2.05, 4.69) is 19.2 Å². The van der Waals surface area contributed by atoms with Crippen LogP contribution in [0, 0.1) is 5.41 Å². The van der Waals surface area contributed by atoms with Crippen LogP contribution < -0.4 is 5.32 Å². The van der Waals surface area contributed by atoms with Crippen LogP contribution in [0.1, 0.15) is 58.8 Å². The molecule has 0 aliphatic heterocycles. The average Bonchev–Trinajstić information content (AvgIpc) is 2.56. The summed E-state index contributed by atoms with van der Waals surface area (Å²) in [6.45, 7) is 4.73. The third kappa shape index (κ3) is 2.54. The smallest absolute Gasteiger partial charge is 0.0693 e. The number of aliphatic hydroxyl groups excluding tert-OH is 1. The summed E-state index contributed by atoms with van der Waals surface area (Å²) in [5, 5.41) is 13.5. The molecule has 3 atom stereocenters. The van der Waals surface area contributed by atoms with E-state index in [9.17, 15) is 5.11 Å². The Hall–Kier alpha value is -0.0800. The van der Waals surface area contributed by atoms with E-state index < -0.39 is 0 Å². The van der Waals surface area contributed by atoms with Crippen molar-refractivity contribution in [3.8, 4) is 0 Å². The van der Waals surface area contributed by atoms with Crippen molar-refractivity contribution >= 4 is 0 Å². The van der Waals surface area contributed by atoms with Crippen LogP contribution in [0.5, 0.6) is 0 Å². The Morgan fingerprint density at radius 3 is 2.47 bits per heavy atom. The fraction of sp³-hybridized carbons (Fsp3) is 1.00. The normalized spacial score (nSPS) is 40.6. The summed E-state index contributed by atoms with van der Waals surface area (Å²) in [6, 6.07) is 0.983. The van der Waals surface area contributed by atoms with Gasteiger partial charge < -0.3 is 10.4 Å². The second-order valence-corrected chi connectivity index (χ2v) is 6.06. The number of rotatable bonds is 2. The Morgan fingerprint density at radius 2 is 1.87 bits per heavy atom. The van der Waals surface area contributed by atoms with Gasteiger partial charge in [0.1, 0.15) is 0 Å². The number of hydrogen-bond donors (Lipinski definition) is 2. The second kappa shape index (κ2) is 4.42. The molecule has 0 amide bonds. The summed E-state index contributed by atoms with van der Waals surface area (Å²) in [5.41, 5.74) is 0.417. The third-order valence-electron chi connectivity index (χ3n) is 4.40. The van der Waals surface area contributed by atoms with E-state index >= 15 is 0 Å². The predicted octanol–water partition coefficient (Wildman–Crippen LogP) is 2.46. The predicted molar refractivity (Wildman–Crippen MR) is 62.8 cm³/mol. The summed E-state index contributed by atoms with van der Waals surface area (Å²) in [4.78, 5) is 0. The zero-order valence-electron chi connectivity index (χ0n) is 10.1. The van der Waals surface area contributed by atoms with E-state index in [1.807, 2.05) is 0 Å². The van der Waals surface area contributed by atoms with Crippen molar-refractivity contribution in [1.82, 2.24) is 5.32 Å². The lowest BCUT2D eigenvalue weighted by atomic mass is 9.73. The SMILES string of the molecule is CC1(C)CCCCC1N[C@@H]1CCC[C@H]1O. The van der Waals surface area contributed by atoms with E-state index in [-0.39, 0.29) is 6.10 Å². The van der Waals surface area contributed by atoms with Crippen LogP contribution in [0.2, 0.25) is 0 Å². The van der Waals surface area contributed by atoms with Crippen molar-refractivity contribution < 1.29 is 5.11 Å². The molecule has 0 radical (unpaired) electrons. The molecule has 2 N–H and O–H groups in total. The molecule has 2 fully saturated rings. The summed E-state index contributed by atoms with van der Waals surface area (Å²) in [7, 11) is 0. The van der Waals surface area contributed by atoms with Crippen molar-refractivity contribution in [1.29, 1.82) is 0 Å². The Kier molecular flexibility index (Phi) is 3.36. The van der Waals surface area contributed by atoms with Gasteiger partial charge >= 0.3 is 0 Å². The van der Waals surface area contributed by atoms with Gasteiger partial charge in [0.2, 0.25) is 0 Å².